The summed E-state index contributed by atoms with van der Waals surface area (Å²) in [5, 5.41) is 2.88. The van der Waals surface area contributed by atoms with Crippen molar-refractivity contribution < 1.29 is 17.9 Å². The van der Waals surface area contributed by atoms with Gasteiger partial charge in [-0.3, -0.25) is 9.10 Å². The van der Waals surface area contributed by atoms with Crippen molar-refractivity contribution in [3.05, 3.63) is 53.6 Å². The fourth-order valence-electron chi connectivity index (χ4n) is 4.09. The number of ether oxygens (including phenoxy) is 1. The molecule has 1 fully saturated rings. The minimum absolute atomic E-state index is 0.0466. The molecule has 1 saturated heterocycles. The van der Waals surface area contributed by atoms with Gasteiger partial charge in [0.25, 0.3) is 5.91 Å². The van der Waals surface area contributed by atoms with E-state index < -0.39 is 16.1 Å². The topological polar surface area (TPSA) is 79.0 Å². The first-order chi connectivity index (χ1) is 14.8. The molecule has 0 saturated carbocycles. The van der Waals surface area contributed by atoms with E-state index in [0.29, 0.717) is 18.0 Å². The molecule has 0 aromatic heterocycles. The normalized spacial score (nSPS) is 18.8. The van der Waals surface area contributed by atoms with Crippen LogP contribution in [0.5, 0.6) is 5.75 Å². The molecule has 0 radical (unpaired) electrons. The van der Waals surface area contributed by atoms with Crippen LogP contribution in [0.2, 0.25) is 0 Å². The number of carbonyl (C=O) groups is 1. The number of amides is 1. The Morgan fingerprint density at radius 3 is 2.48 bits per heavy atom. The molecule has 1 N–H and O–H groups in total. The van der Waals surface area contributed by atoms with Gasteiger partial charge in [0.05, 0.1) is 18.5 Å². The van der Waals surface area contributed by atoms with Gasteiger partial charge in [0.15, 0.2) is 6.10 Å². The molecule has 2 aliphatic heterocycles. The van der Waals surface area contributed by atoms with Crippen LogP contribution in [-0.2, 0) is 21.4 Å². The molecule has 1 atom stereocenters. The maximum atomic E-state index is 12.8. The summed E-state index contributed by atoms with van der Waals surface area (Å²) >= 11 is 0. The highest BCUT2D eigenvalue weighted by Crippen LogP contribution is 2.35. The second kappa shape index (κ2) is 8.78. The molecule has 0 unspecified atom stereocenters. The van der Waals surface area contributed by atoms with E-state index in [1.54, 1.807) is 12.1 Å². The second-order valence-electron chi connectivity index (χ2n) is 8.30. The molecule has 166 valence electrons. The predicted octanol–water partition coefficient (Wildman–Crippen LogP) is 2.83. The van der Waals surface area contributed by atoms with Gasteiger partial charge in [0.2, 0.25) is 10.0 Å². The smallest absolute Gasteiger partial charge is 0.263 e. The van der Waals surface area contributed by atoms with E-state index in [-0.39, 0.29) is 12.5 Å². The molecule has 0 aliphatic carbocycles. The van der Waals surface area contributed by atoms with Crippen LogP contribution in [0.4, 0.5) is 11.4 Å². The molecule has 1 amide bonds. The minimum atomic E-state index is -3.54. The Labute approximate surface area is 184 Å². The maximum absolute atomic E-state index is 12.8. The SMILES string of the molecule is Cc1ccc2c(c1)N(S(C)(=O)=O)C[C@H](C(=O)NCc1ccc(N3CCCCC3)cc1)O2. The van der Waals surface area contributed by atoms with Crippen molar-refractivity contribution in [2.24, 2.45) is 0 Å². The van der Waals surface area contributed by atoms with Crippen LogP contribution < -0.4 is 19.3 Å². The molecule has 0 spiro atoms. The van der Waals surface area contributed by atoms with Crippen molar-refractivity contribution in [1.82, 2.24) is 5.32 Å². The van der Waals surface area contributed by atoms with Crippen molar-refractivity contribution in [3.63, 3.8) is 0 Å². The van der Waals surface area contributed by atoms with Crippen molar-refractivity contribution in [3.8, 4) is 5.75 Å². The van der Waals surface area contributed by atoms with Crippen LogP contribution in [0.3, 0.4) is 0 Å². The third kappa shape index (κ3) is 4.95. The number of fused-ring (bicyclic) bond motifs is 1. The summed E-state index contributed by atoms with van der Waals surface area (Å²) < 4.78 is 31.7. The summed E-state index contributed by atoms with van der Waals surface area (Å²) in [6.07, 6.45) is 3.99. The molecule has 31 heavy (non-hydrogen) atoms. The molecule has 2 aromatic carbocycles. The van der Waals surface area contributed by atoms with E-state index in [9.17, 15) is 13.2 Å². The van der Waals surface area contributed by atoms with Gasteiger partial charge < -0.3 is 15.0 Å². The van der Waals surface area contributed by atoms with Crippen molar-refractivity contribution >= 4 is 27.3 Å². The summed E-state index contributed by atoms with van der Waals surface area (Å²) in [7, 11) is -3.54. The van der Waals surface area contributed by atoms with Crippen LogP contribution in [0, 0.1) is 6.92 Å². The first kappa shape index (κ1) is 21.5. The van der Waals surface area contributed by atoms with E-state index in [2.05, 4.69) is 22.3 Å². The minimum Gasteiger partial charge on any atom is -0.476 e. The molecular weight excluding hydrogens is 414 g/mol. The van der Waals surface area contributed by atoms with Gasteiger partial charge in [0.1, 0.15) is 5.75 Å². The number of anilines is 2. The van der Waals surface area contributed by atoms with Gasteiger partial charge >= 0.3 is 0 Å². The fraction of sp³-hybridized carbons (Fsp3) is 0.435. The quantitative estimate of drug-likeness (QED) is 0.769. The molecule has 4 rings (SSSR count). The van der Waals surface area contributed by atoms with Crippen molar-refractivity contribution in [2.45, 2.75) is 38.8 Å². The highest BCUT2D eigenvalue weighted by Gasteiger charge is 2.35. The number of hydrogen-bond donors (Lipinski definition) is 1. The Balaban J connectivity index is 1.41. The van der Waals surface area contributed by atoms with E-state index in [1.807, 2.05) is 25.1 Å². The lowest BCUT2D eigenvalue weighted by molar-refractivity contribution is -0.127. The number of piperidine rings is 1. The van der Waals surface area contributed by atoms with Crippen molar-refractivity contribution in [2.75, 3.05) is 35.1 Å². The van der Waals surface area contributed by atoms with E-state index in [0.717, 1.165) is 30.5 Å². The van der Waals surface area contributed by atoms with Gasteiger partial charge in [-0.15, -0.1) is 0 Å². The van der Waals surface area contributed by atoms with E-state index in [4.69, 9.17) is 4.74 Å². The number of nitrogens with one attached hydrogen (secondary N) is 1. The average Bonchev–Trinajstić information content (AvgIpc) is 2.77. The van der Waals surface area contributed by atoms with Crippen LogP contribution in [-0.4, -0.2) is 46.3 Å². The Morgan fingerprint density at radius 1 is 1.10 bits per heavy atom. The lowest BCUT2D eigenvalue weighted by atomic mass is 10.1. The highest BCUT2D eigenvalue weighted by molar-refractivity contribution is 7.92. The van der Waals surface area contributed by atoms with E-state index >= 15 is 0 Å². The molecule has 7 nitrogen and oxygen atoms in total. The van der Waals surface area contributed by atoms with Gasteiger partial charge in [-0.2, -0.15) is 0 Å². The molecule has 2 heterocycles. The van der Waals surface area contributed by atoms with Gasteiger partial charge in [-0.25, -0.2) is 8.42 Å². The number of aryl methyl sites for hydroxylation is 1. The zero-order valence-electron chi connectivity index (χ0n) is 18.0. The standard InChI is InChI=1S/C23H29N3O4S/c1-17-6-11-21-20(14-17)26(31(2,28)29)16-22(30-21)23(27)24-15-18-7-9-19(10-8-18)25-12-4-3-5-13-25/h6-11,14,22H,3-5,12-13,15-16H2,1-2H3,(H,24,27)/t22-/m1/s1. The molecule has 2 aromatic rings. The maximum Gasteiger partial charge on any atom is 0.263 e. The first-order valence-electron chi connectivity index (χ1n) is 10.7. The Morgan fingerprint density at radius 2 is 1.81 bits per heavy atom. The van der Waals surface area contributed by atoms with Crippen LogP contribution in [0.1, 0.15) is 30.4 Å². The van der Waals surface area contributed by atoms with Gasteiger partial charge in [0, 0.05) is 25.3 Å². The summed E-state index contributed by atoms with van der Waals surface area (Å²) in [4.78, 5) is 15.2. The van der Waals surface area contributed by atoms with Crippen LogP contribution in [0.25, 0.3) is 0 Å². The third-order valence-electron chi connectivity index (χ3n) is 5.80. The summed E-state index contributed by atoms with van der Waals surface area (Å²) in [6.45, 7) is 4.38. The Kier molecular flexibility index (Phi) is 6.09. The average molecular weight is 444 g/mol. The summed E-state index contributed by atoms with van der Waals surface area (Å²) in [6, 6.07) is 13.5. The molecule has 0 bridgehead atoms. The third-order valence-corrected chi connectivity index (χ3v) is 6.95. The lowest BCUT2D eigenvalue weighted by Gasteiger charge is -2.34. The number of nitrogens with zero attached hydrogens (tertiary/aromatic N) is 2. The summed E-state index contributed by atoms with van der Waals surface area (Å²) in [5.41, 5.74) is 3.59. The molecule has 8 heteroatoms. The molecule has 2 aliphatic rings. The monoisotopic (exact) mass is 443 g/mol. The van der Waals surface area contributed by atoms with Gasteiger partial charge in [-0.05, 0) is 61.6 Å². The second-order valence-corrected chi connectivity index (χ2v) is 10.2. The van der Waals surface area contributed by atoms with Gasteiger partial charge in [-0.1, -0.05) is 18.2 Å². The molecular formula is C23H29N3O4S. The Bertz CT molecular complexity index is 1050. The van der Waals surface area contributed by atoms with Crippen LogP contribution >= 0.6 is 0 Å². The number of benzene rings is 2. The number of hydrogen-bond acceptors (Lipinski definition) is 5. The number of rotatable bonds is 5. The zero-order valence-corrected chi connectivity index (χ0v) is 18.8. The van der Waals surface area contributed by atoms with Crippen LogP contribution in [0.15, 0.2) is 42.5 Å². The summed E-state index contributed by atoms with van der Waals surface area (Å²) in [5.74, 6) is 0.0632. The highest BCUT2D eigenvalue weighted by atomic mass is 32.2. The predicted molar refractivity (Wildman–Crippen MR) is 122 cm³/mol. The number of carbonyl (C=O) groups excluding carboxylic acids is 1. The Hall–Kier alpha value is -2.74. The van der Waals surface area contributed by atoms with Crippen molar-refractivity contribution in [1.29, 1.82) is 0 Å². The van der Waals surface area contributed by atoms with E-state index in [1.165, 1.54) is 29.3 Å². The number of sulfonamides is 1. The fourth-order valence-corrected chi connectivity index (χ4v) is 5.00. The zero-order chi connectivity index (χ0) is 22.0. The lowest BCUT2D eigenvalue weighted by Crippen LogP contribution is -2.50. The largest absolute Gasteiger partial charge is 0.476 e. The first-order valence-corrected chi connectivity index (χ1v) is 12.5.